The van der Waals surface area contributed by atoms with Gasteiger partial charge in [0.15, 0.2) is 5.13 Å². The van der Waals surface area contributed by atoms with E-state index in [0.29, 0.717) is 0 Å². The first-order valence-electron chi connectivity index (χ1n) is 5.22. The molecule has 15 heavy (non-hydrogen) atoms. The smallest absolute Gasteiger partial charge is 0.185 e. The van der Waals surface area contributed by atoms with Crippen molar-refractivity contribution in [1.82, 2.24) is 4.98 Å². The molecule has 3 nitrogen and oxygen atoms in total. The Kier molecular flexibility index (Phi) is 3.73. The lowest BCUT2D eigenvalue weighted by molar-refractivity contribution is 0.419. The fraction of sp³-hybridized carbons (Fsp3) is 0.727. The van der Waals surface area contributed by atoms with E-state index in [2.05, 4.69) is 37.7 Å². The molecule has 2 N–H and O–H groups in total. The summed E-state index contributed by atoms with van der Waals surface area (Å²) in [6, 6.07) is 0.0827. The van der Waals surface area contributed by atoms with Crippen LogP contribution in [0.4, 0.5) is 5.13 Å². The van der Waals surface area contributed by atoms with Crippen molar-refractivity contribution in [3.8, 4) is 0 Å². The summed E-state index contributed by atoms with van der Waals surface area (Å²) in [7, 11) is 2.08. The lowest BCUT2D eigenvalue weighted by Gasteiger charge is -2.26. The van der Waals surface area contributed by atoms with Crippen LogP contribution in [-0.4, -0.2) is 18.6 Å². The first-order chi connectivity index (χ1) is 6.79. The van der Waals surface area contributed by atoms with Crippen molar-refractivity contribution in [3.05, 3.63) is 11.1 Å². The second kappa shape index (κ2) is 4.49. The molecular formula is C11H21N3S. The molecule has 0 spiro atoms. The van der Waals surface area contributed by atoms with E-state index in [1.54, 1.807) is 11.3 Å². The zero-order valence-electron chi connectivity index (χ0n) is 10.2. The van der Waals surface area contributed by atoms with E-state index < -0.39 is 0 Å². The number of nitrogens with zero attached hydrogens (tertiary/aromatic N) is 2. The van der Waals surface area contributed by atoms with Gasteiger partial charge in [-0.15, -0.1) is 11.3 Å². The van der Waals surface area contributed by atoms with Gasteiger partial charge in [0, 0.05) is 30.7 Å². The monoisotopic (exact) mass is 227 g/mol. The maximum absolute atomic E-state index is 5.81. The van der Waals surface area contributed by atoms with Crippen molar-refractivity contribution >= 4 is 16.5 Å². The molecule has 0 saturated carbocycles. The van der Waals surface area contributed by atoms with Crippen molar-refractivity contribution in [3.63, 3.8) is 0 Å². The summed E-state index contributed by atoms with van der Waals surface area (Å²) in [6.07, 6.45) is 1.88. The Morgan fingerprint density at radius 2 is 2.13 bits per heavy atom. The minimum absolute atomic E-state index is 0.0827. The second-order valence-corrected chi connectivity index (χ2v) is 6.29. The fourth-order valence-electron chi connectivity index (χ4n) is 1.44. The molecule has 0 amide bonds. The number of hydrogen-bond donors (Lipinski definition) is 1. The highest BCUT2D eigenvalue weighted by Crippen LogP contribution is 2.27. The molecule has 1 heterocycles. The summed E-state index contributed by atoms with van der Waals surface area (Å²) < 4.78 is 0. The highest BCUT2D eigenvalue weighted by Gasteiger charge is 2.16. The predicted molar refractivity (Wildman–Crippen MR) is 67.4 cm³/mol. The lowest BCUT2D eigenvalue weighted by atomic mass is 9.96. The van der Waals surface area contributed by atoms with Gasteiger partial charge in [0.05, 0.1) is 0 Å². The summed E-state index contributed by atoms with van der Waals surface area (Å²) in [5, 5.41) is 1.05. The Balaban J connectivity index is 2.70. The van der Waals surface area contributed by atoms with Crippen LogP contribution < -0.4 is 10.6 Å². The van der Waals surface area contributed by atoms with Crippen molar-refractivity contribution in [2.45, 2.75) is 33.7 Å². The van der Waals surface area contributed by atoms with Crippen molar-refractivity contribution < 1.29 is 0 Å². The first kappa shape index (κ1) is 12.5. The molecule has 0 aliphatic rings. The van der Waals surface area contributed by atoms with Gasteiger partial charge in [-0.2, -0.15) is 0 Å². The van der Waals surface area contributed by atoms with Crippen LogP contribution in [-0.2, 0) is 0 Å². The van der Waals surface area contributed by atoms with E-state index in [4.69, 9.17) is 5.73 Å². The van der Waals surface area contributed by atoms with E-state index in [-0.39, 0.29) is 11.5 Å². The molecule has 0 aliphatic carbocycles. The highest BCUT2D eigenvalue weighted by molar-refractivity contribution is 7.15. The van der Waals surface area contributed by atoms with Crippen LogP contribution in [0.15, 0.2) is 6.20 Å². The largest absolute Gasteiger partial charge is 0.351 e. The van der Waals surface area contributed by atoms with Gasteiger partial charge in [0.2, 0.25) is 0 Å². The fourth-order valence-corrected chi connectivity index (χ4v) is 2.27. The van der Waals surface area contributed by atoms with Crippen LogP contribution in [0.1, 0.15) is 38.6 Å². The number of rotatable bonds is 3. The molecule has 0 fully saturated rings. The van der Waals surface area contributed by atoms with Gasteiger partial charge in [-0.05, 0) is 12.3 Å². The van der Waals surface area contributed by atoms with Gasteiger partial charge in [0.25, 0.3) is 0 Å². The molecule has 4 heteroatoms. The molecule has 0 bridgehead atoms. The Labute approximate surface area is 96.3 Å². The normalized spacial score (nSPS) is 14.0. The average Bonchev–Trinajstić information content (AvgIpc) is 2.47. The summed E-state index contributed by atoms with van der Waals surface area (Å²) in [6.45, 7) is 9.66. The highest BCUT2D eigenvalue weighted by atomic mass is 32.1. The zero-order valence-corrected chi connectivity index (χ0v) is 11.1. The minimum Gasteiger partial charge on any atom is -0.351 e. The van der Waals surface area contributed by atoms with Crippen LogP contribution in [0.25, 0.3) is 0 Å². The Bertz CT molecular complexity index is 312. The first-order valence-corrected chi connectivity index (χ1v) is 6.04. The third kappa shape index (κ3) is 3.80. The molecule has 1 aromatic heterocycles. The topological polar surface area (TPSA) is 42.1 Å². The molecule has 1 aromatic rings. The Morgan fingerprint density at radius 3 is 2.53 bits per heavy atom. The maximum atomic E-state index is 5.81. The van der Waals surface area contributed by atoms with Gasteiger partial charge >= 0.3 is 0 Å². The van der Waals surface area contributed by atoms with Gasteiger partial charge in [-0.1, -0.05) is 20.8 Å². The average molecular weight is 227 g/mol. The van der Waals surface area contributed by atoms with Crippen LogP contribution in [0.2, 0.25) is 0 Å². The van der Waals surface area contributed by atoms with Crippen LogP contribution >= 0.6 is 11.3 Å². The zero-order chi connectivity index (χ0) is 11.6. The molecule has 0 radical (unpaired) electrons. The number of hydrogen-bond acceptors (Lipinski definition) is 4. The van der Waals surface area contributed by atoms with E-state index >= 15 is 0 Å². The molecule has 0 aliphatic heterocycles. The van der Waals surface area contributed by atoms with Gasteiger partial charge in [0.1, 0.15) is 0 Å². The van der Waals surface area contributed by atoms with E-state index in [1.807, 2.05) is 13.1 Å². The second-order valence-electron chi connectivity index (χ2n) is 5.25. The standard InChI is InChI=1S/C11H21N3S/c1-8(12)9-6-13-10(15-9)14(5)7-11(2,3)4/h6,8H,7,12H2,1-5H3. The van der Waals surface area contributed by atoms with Gasteiger partial charge in [-0.25, -0.2) is 4.98 Å². The molecule has 0 saturated heterocycles. The van der Waals surface area contributed by atoms with Gasteiger partial charge < -0.3 is 10.6 Å². The Morgan fingerprint density at radius 1 is 1.53 bits per heavy atom. The van der Waals surface area contributed by atoms with Crippen LogP contribution in [0, 0.1) is 5.41 Å². The summed E-state index contributed by atoms with van der Waals surface area (Å²) in [4.78, 5) is 7.72. The molecule has 0 aromatic carbocycles. The van der Waals surface area contributed by atoms with E-state index in [9.17, 15) is 0 Å². The lowest BCUT2D eigenvalue weighted by Crippen LogP contribution is -2.28. The number of anilines is 1. The molecule has 1 unspecified atom stereocenters. The summed E-state index contributed by atoms with van der Waals surface area (Å²) in [5.41, 5.74) is 6.09. The van der Waals surface area contributed by atoms with Crippen LogP contribution in [0.5, 0.6) is 0 Å². The molecule has 86 valence electrons. The van der Waals surface area contributed by atoms with Gasteiger partial charge in [-0.3, -0.25) is 0 Å². The SMILES string of the molecule is CC(N)c1cnc(N(C)CC(C)(C)C)s1. The van der Waals surface area contributed by atoms with Crippen LogP contribution in [0.3, 0.4) is 0 Å². The van der Waals surface area contributed by atoms with E-state index in [0.717, 1.165) is 16.6 Å². The van der Waals surface area contributed by atoms with Crippen molar-refractivity contribution in [1.29, 1.82) is 0 Å². The van der Waals surface area contributed by atoms with Crippen molar-refractivity contribution in [2.24, 2.45) is 11.1 Å². The minimum atomic E-state index is 0.0827. The van der Waals surface area contributed by atoms with E-state index in [1.165, 1.54) is 0 Å². The Hall–Kier alpha value is -0.610. The molecular weight excluding hydrogens is 206 g/mol. The summed E-state index contributed by atoms with van der Waals surface area (Å²) >= 11 is 1.68. The number of thiazole rings is 1. The molecule has 1 rings (SSSR count). The number of aromatic nitrogens is 1. The third-order valence-corrected chi connectivity index (χ3v) is 3.31. The predicted octanol–water partition coefficient (Wildman–Crippen LogP) is 2.65. The summed E-state index contributed by atoms with van der Waals surface area (Å²) in [5.74, 6) is 0. The van der Waals surface area contributed by atoms with Crippen molar-refractivity contribution in [2.75, 3.05) is 18.5 Å². The maximum Gasteiger partial charge on any atom is 0.185 e. The molecule has 1 atom stereocenters. The third-order valence-electron chi connectivity index (χ3n) is 2.00. The quantitative estimate of drug-likeness (QED) is 0.863. The number of nitrogens with two attached hydrogens (primary N) is 1.